The van der Waals surface area contributed by atoms with Crippen LogP contribution in [-0.4, -0.2) is 7.11 Å². The summed E-state index contributed by atoms with van der Waals surface area (Å²) < 4.78 is 18.6. The second-order valence-corrected chi connectivity index (χ2v) is 5.43. The molecular weight excluding hydrogens is 275 g/mol. The van der Waals surface area contributed by atoms with Gasteiger partial charge in [0.05, 0.1) is 12.5 Å². The Hall–Kier alpha value is -1.54. The summed E-state index contributed by atoms with van der Waals surface area (Å²) in [5, 5.41) is -0.0821. The average molecular weight is 293 g/mol. The smallest absolute Gasteiger partial charge is 0.165 e. The minimum Gasteiger partial charge on any atom is -0.494 e. The van der Waals surface area contributed by atoms with Gasteiger partial charge in [0.15, 0.2) is 11.6 Å². The second kappa shape index (κ2) is 6.76. The van der Waals surface area contributed by atoms with E-state index in [0.29, 0.717) is 0 Å². The van der Waals surface area contributed by atoms with Crippen molar-refractivity contribution < 1.29 is 9.13 Å². The van der Waals surface area contributed by atoms with Gasteiger partial charge < -0.3 is 4.74 Å². The second-order valence-electron chi connectivity index (χ2n) is 4.96. The molecule has 0 aliphatic rings. The number of rotatable bonds is 5. The SMILES string of the molecule is COc1ccc(CC(C)C(Cl)c2ccccc2)cc1F. The lowest BCUT2D eigenvalue weighted by molar-refractivity contribution is 0.386. The van der Waals surface area contributed by atoms with Crippen LogP contribution < -0.4 is 4.74 Å². The van der Waals surface area contributed by atoms with Gasteiger partial charge in [-0.2, -0.15) is 0 Å². The molecular formula is C17H18ClFO. The molecule has 0 amide bonds. The van der Waals surface area contributed by atoms with E-state index in [9.17, 15) is 4.39 Å². The molecule has 1 nitrogen and oxygen atoms in total. The van der Waals surface area contributed by atoms with Crippen molar-refractivity contribution in [3.05, 3.63) is 65.5 Å². The van der Waals surface area contributed by atoms with E-state index < -0.39 is 0 Å². The van der Waals surface area contributed by atoms with Gasteiger partial charge in [0.2, 0.25) is 0 Å². The molecule has 2 aromatic rings. The third-order valence-corrected chi connectivity index (χ3v) is 4.07. The molecule has 0 aliphatic carbocycles. The Kier molecular flexibility index (Phi) is 5.02. The van der Waals surface area contributed by atoms with Crippen LogP contribution in [-0.2, 0) is 6.42 Å². The summed E-state index contributed by atoms with van der Waals surface area (Å²) in [6.45, 7) is 2.08. The predicted molar refractivity (Wildman–Crippen MR) is 80.9 cm³/mol. The van der Waals surface area contributed by atoms with Crippen molar-refractivity contribution in [3.8, 4) is 5.75 Å². The molecule has 106 valence electrons. The number of methoxy groups -OCH3 is 1. The van der Waals surface area contributed by atoms with Gasteiger partial charge in [-0.05, 0) is 35.6 Å². The molecule has 2 aromatic carbocycles. The van der Waals surface area contributed by atoms with E-state index >= 15 is 0 Å². The number of ether oxygens (including phenoxy) is 1. The number of alkyl halides is 1. The van der Waals surface area contributed by atoms with E-state index in [1.54, 1.807) is 6.07 Å². The molecule has 0 saturated heterocycles. The zero-order valence-corrected chi connectivity index (χ0v) is 12.4. The highest BCUT2D eigenvalue weighted by Crippen LogP contribution is 2.31. The van der Waals surface area contributed by atoms with Crippen LogP contribution in [0.2, 0.25) is 0 Å². The first-order valence-electron chi connectivity index (χ1n) is 6.63. The Bertz CT molecular complexity index is 556. The summed E-state index contributed by atoms with van der Waals surface area (Å²) in [6.07, 6.45) is 0.726. The van der Waals surface area contributed by atoms with Gasteiger partial charge in [0.1, 0.15) is 0 Å². The van der Waals surface area contributed by atoms with Crippen molar-refractivity contribution in [2.24, 2.45) is 5.92 Å². The Labute approximate surface area is 124 Å². The van der Waals surface area contributed by atoms with Gasteiger partial charge in [-0.25, -0.2) is 4.39 Å². The molecule has 20 heavy (non-hydrogen) atoms. The lowest BCUT2D eigenvalue weighted by atomic mass is 9.93. The number of hydrogen-bond acceptors (Lipinski definition) is 1. The Balaban J connectivity index is 2.08. The highest BCUT2D eigenvalue weighted by atomic mass is 35.5. The van der Waals surface area contributed by atoms with Gasteiger partial charge >= 0.3 is 0 Å². The molecule has 0 aromatic heterocycles. The largest absolute Gasteiger partial charge is 0.494 e. The van der Waals surface area contributed by atoms with Crippen molar-refractivity contribution in [1.29, 1.82) is 0 Å². The predicted octanol–water partition coefficient (Wildman–Crippen LogP) is 4.99. The summed E-state index contributed by atoms with van der Waals surface area (Å²) in [5.74, 6) is 0.154. The Morgan fingerprint density at radius 3 is 2.45 bits per heavy atom. The van der Waals surface area contributed by atoms with Crippen LogP contribution >= 0.6 is 11.6 Å². The highest BCUT2D eigenvalue weighted by Gasteiger charge is 2.17. The van der Waals surface area contributed by atoms with Crippen LogP contribution in [0.25, 0.3) is 0 Å². The molecule has 0 bridgehead atoms. The molecule has 0 N–H and O–H groups in total. The van der Waals surface area contributed by atoms with Gasteiger partial charge in [0.25, 0.3) is 0 Å². The summed E-state index contributed by atoms with van der Waals surface area (Å²) in [6, 6.07) is 15.0. The van der Waals surface area contributed by atoms with E-state index in [1.165, 1.54) is 13.2 Å². The maximum atomic E-state index is 13.7. The molecule has 0 aliphatic heterocycles. The Morgan fingerprint density at radius 1 is 1.15 bits per heavy atom. The van der Waals surface area contributed by atoms with E-state index in [1.807, 2.05) is 36.4 Å². The van der Waals surface area contributed by atoms with Crippen molar-refractivity contribution in [3.63, 3.8) is 0 Å². The molecule has 3 heteroatoms. The molecule has 0 saturated carbocycles. The first kappa shape index (κ1) is 14.9. The lowest BCUT2D eigenvalue weighted by Crippen LogP contribution is -2.07. The fourth-order valence-corrected chi connectivity index (χ4v) is 2.51. The summed E-state index contributed by atoms with van der Waals surface area (Å²) in [5.41, 5.74) is 2.02. The Morgan fingerprint density at radius 2 is 1.85 bits per heavy atom. The summed E-state index contributed by atoms with van der Waals surface area (Å²) in [4.78, 5) is 0. The van der Waals surface area contributed by atoms with E-state index in [2.05, 4.69) is 6.92 Å². The van der Waals surface area contributed by atoms with Crippen LogP contribution in [0.3, 0.4) is 0 Å². The number of hydrogen-bond donors (Lipinski definition) is 0. The van der Waals surface area contributed by atoms with Gasteiger partial charge in [0, 0.05) is 0 Å². The standard InChI is InChI=1S/C17H18ClFO/c1-12(17(18)14-6-4-3-5-7-14)10-13-8-9-16(20-2)15(19)11-13/h3-9,11-12,17H,10H2,1-2H3. The summed E-state index contributed by atoms with van der Waals surface area (Å²) >= 11 is 6.49. The van der Waals surface area contributed by atoms with Crippen LogP contribution in [0.15, 0.2) is 48.5 Å². The minimum atomic E-state index is -0.331. The van der Waals surface area contributed by atoms with Crippen LogP contribution in [0.1, 0.15) is 23.4 Å². The zero-order valence-electron chi connectivity index (χ0n) is 11.6. The maximum Gasteiger partial charge on any atom is 0.165 e. The third-order valence-electron chi connectivity index (χ3n) is 3.39. The molecule has 2 atom stereocenters. The number of halogens is 2. The van der Waals surface area contributed by atoms with Crippen molar-refractivity contribution in [1.82, 2.24) is 0 Å². The quantitative estimate of drug-likeness (QED) is 0.705. The highest BCUT2D eigenvalue weighted by molar-refractivity contribution is 6.21. The van der Waals surface area contributed by atoms with Crippen molar-refractivity contribution in [2.75, 3.05) is 7.11 Å². The molecule has 0 fully saturated rings. The van der Waals surface area contributed by atoms with Crippen molar-refractivity contribution >= 4 is 11.6 Å². The monoisotopic (exact) mass is 292 g/mol. The lowest BCUT2D eigenvalue weighted by Gasteiger charge is -2.18. The van der Waals surface area contributed by atoms with Crippen molar-refractivity contribution in [2.45, 2.75) is 18.7 Å². The number of benzene rings is 2. The molecule has 2 rings (SSSR count). The van der Waals surface area contributed by atoms with E-state index in [-0.39, 0.29) is 22.9 Å². The van der Waals surface area contributed by atoms with Crippen LogP contribution in [0.4, 0.5) is 4.39 Å². The fourth-order valence-electron chi connectivity index (χ4n) is 2.28. The first-order chi connectivity index (χ1) is 9.61. The summed E-state index contributed by atoms with van der Waals surface area (Å²) in [7, 11) is 1.46. The van der Waals surface area contributed by atoms with Gasteiger partial charge in [-0.15, -0.1) is 11.6 Å². The topological polar surface area (TPSA) is 9.23 Å². The van der Waals surface area contributed by atoms with Gasteiger partial charge in [-0.3, -0.25) is 0 Å². The fraction of sp³-hybridized carbons (Fsp3) is 0.294. The van der Waals surface area contributed by atoms with E-state index in [4.69, 9.17) is 16.3 Å². The average Bonchev–Trinajstić information content (AvgIpc) is 2.47. The molecule has 0 spiro atoms. The van der Waals surface area contributed by atoms with Crippen LogP contribution in [0.5, 0.6) is 5.75 Å². The molecule has 0 radical (unpaired) electrons. The zero-order chi connectivity index (χ0) is 14.5. The molecule has 0 heterocycles. The maximum absolute atomic E-state index is 13.7. The minimum absolute atomic E-state index is 0.0821. The van der Waals surface area contributed by atoms with Crippen LogP contribution in [0, 0.1) is 11.7 Å². The van der Waals surface area contributed by atoms with Gasteiger partial charge in [-0.1, -0.05) is 43.3 Å². The first-order valence-corrected chi connectivity index (χ1v) is 7.07. The molecule has 2 unspecified atom stereocenters. The van der Waals surface area contributed by atoms with E-state index in [0.717, 1.165) is 17.5 Å². The third kappa shape index (κ3) is 3.51. The normalized spacial score (nSPS) is 13.8.